The van der Waals surface area contributed by atoms with Gasteiger partial charge in [-0.05, 0) is 24.7 Å². The van der Waals surface area contributed by atoms with E-state index in [4.69, 9.17) is 10.5 Å². The third kappa shape index (κ3) is 2.25. The first-order valence-electron chi connectivity index (χ1n) is 5.29. The maximum atomic E-state index is 8.95. The predicted molar refractivity (Wildman–Crippen MR) is 55.1 cm³/mol. The highest BCUT2D eigenvalue weighted by atomic mass is 16.4. The average Bonchev–Trinajstić information content (AvgIpc) is 2.17. The maximum Gasteiger partial charge on any atom is 0.0632 e. The van der Waals surface area contributed by atoms with Gasteiger partial charge in [0.1, 0.15) is 0 Å². The Morgan fingerprint density at radius 1 is 1.64 bits per heavy atom. The molecule has 0 aromatic rings. The number of nitrogens with zero attached hydrogens (tertiary/aromatic N) is 2. The van der Waals surface area contributed by atoms with Crippen LogP contribution in [0.2, 0.25) is 0 Å². The molecule has 0 aromatic carbocycles. The molecule has 1 N–H and O–H groups in total. The van der Waals surface area contributed by atoms with Gasteiger partial charge < -0.3 is 5.21 Å². The van der Waals surface area contributed by atoms with Gasteiger partial charge in [-0.25, -0.2) is 0 Å². The maximum absolute atomic E-state index is 8.95. The van der Waals surface area contributed by atoms with E-state index in [0.29, 0.717) is 24.2 Å². The molecule has 14 heavy (non-hydrogen) atoms. The Hall–Kier alpha value is -1.04. The molecule has 0 saturated heterocycles. The van der Waals surface area contributed by atoms with E-state index < -0.39 is 0 Å². The standard InChI is InChI=1S/C11H18N2O/c1-8(6-7-12)10-5-3-4-9(2)11(10)13-14/h8-10,14H,3-6H2,1-2H3. The van der Waals surface area contributed by atoms with Crippen molar-refractivity contribution in [2.24, 2.45) is 22.9 Å². The van der Waals surface area contributed by atoms with Gasteiger partial charge in [0.25, 0.3) is 0 Å². The summed E-state index contributed by atoms with van der Waals surface area (Å²) in [6, 6.07) is 2.19. The van der Waals surface area contributed by atoms with Crippen molar-refractivity contribution in [1.82, 2.24) is 0 Å². The van der Waals surface area contributed by atoms with Gasteiger partial charge in [0.05, 0.1) is 11.8 Å². The summed E-state index contributed by atoms with van der Waals surface area (Å²) in [5, 5.41) is 21.0. The lowest BCUT2D eigenvalue weighted by atomic mass is 9.74. The molecular weight excluding hydrogens is 176 g/mol. The van der Waals surface area contributed by atoms with Crippen molar-refractivity contribution in [3.63, 3.8) is 0 Å². The van der Waals surface area contributed by atoms with Crippen LogP contribution in [-0.2, 0) is 0 Å². The molecule has 0 aliphatic heterocycles. The highest BCUT2D eigenvalue weighted by molar-refractivity contribution is 5.89. The van der Waals surface area contributed by atoms with Crippen LogP contribution >= 0.6 is 0 Å². The molecule has 3 unspecified atom stereocenters. The summed E-state index contributed by atoms with van der Waals surface area (Å²) in [6.07, 6.45) is 3.90. The molecule has 1 aliphatic rings. The molecule has 3 nitrogen and oxygen atoms in total. The fourth-order valence-corrected chi connectivity index (χ4v) is 2.34. The largest absolute Gasteiger partial charge is 0.411 e. The summed E-state index contributed by atoms with van der Waals surface area (Å²) in [6.45, 7) is 4.16. The lowest BCUT2D eigenvalue weighted by Crippen LogP contribution is -2.31. The van der Waals surface area contributed by atoms with E-state index in [-0.39, 0.29) is 0 Å². The molecule has 0 amide bonds. The monoisotopic (exact) mass is 194 g/mol. The average molecular weight is 194 g/mol. The quantitative estimate of drug-likeness (QED) is 0.542. The molecule has 1 saturated carbocycles. The van der Waals surface area contributed by atoms with E-state index in [1.165, 1.54) is 6.42 Å². The van der Waals surface area contributed by atoms with Crippen molar-refractivity contribution >= 4 is 5.71 Å². The molecule has 3 heteroatoms. The van der Waals surface area contributed by atoms with Crippen LogP contribution in [0.4, 0.5) is 0 Å². The summed E-state index contributed by atoms with van der Waals surface area (Å²) >= 11 is 0. The van der Waals surface area contributed by atoms with Gasteiger partial charge in [0.2, 0.25) is 0 Å². The highest BCUT2D eigenvalue weighted by Crippen LogP contribution is 2.32. The van der Waals surface area contributed by atoms with Crippen molar-refractivity contribution in [1.29, 1.82) is 5.26 Å². The highest BCUT2D eigenvalue weighted by Gasteiger charge is 2.30. The fraction of sp³-hybridized carbons (Fsp3) is 0.818. The van der Waals surface area contributed by atoms with Crippen LogP contribution in [0.25, 0.3) is 0 Å². The van der Waals surface area contributed by atoms with E-state index in [1.807, 2.05) is 0 Å². The first-order valence-corrected chi connectivity index (χ1v) is 5.29. The SMILES string of the molecule is CC1CCCC(C(C)CC#N)C1=NO. The van der Waals surface area contributed by atoms with Crippen LogP contribution in [0.5, 0.6) is 0 Å². The second kappa shape index (κ2) is 4.99. The molecule has 3 atom stereocenters. The topological polar surface area (TPSA) is 56.4 Å². The Bertz CT molecular complexity index is 255. The molecule has 0 aromatic heterocycles. The van der Waals surface area contributed by atoms with Crippen molar-refractivity contribution in [2.75, 3.05) is 0 Å². The van der Waals surface area contributed by atoms with Crippen LogP contribution in [0.3, 0.4) is 0 Å². The van der Waals surface area contributed by atoms with E-state index in [9.17, 15) is 0 Å². The number of hydrogen-bond donors (Lipinski definition) is 1. The van der Waals surface area contributed by atoms with Crippen LogP contribution in [0, 0.1) is 29.1 Å². The van der Waals surface area contributed by atoms with Crippen LogP contribution in [-0.4, -0.2) is 10.9 Å². The van der Waals surface area contributed by atoms with Gasteiger partial charge in [-0.2, -0.15) is 5.26 Å². The Kier molecular flexibility index (Phi) is 3.94. The zero-order valence-electron chi connectivity index (χ0n) is 8.90. The summed E-state index contributed by atoms with van der Waals surface area (Å²) in [7, 11) is 0. The van der Waals surface area contributed by atoms with E-state index >= 15 is 0 Å². The zero-order chi connectivity index (χ0) is 10.6. The van der Waals surface area contributed by atoms with Gasteiger partial charge >= 0.3 is 0 Å². The molecule has 0 spiro atoms. The molecule has 0 bridgehead atoms. The minimum Gasteiger partial charge on any atom is -0.411 e. The van der Waals surface area contributed by atoms with Crippen molar-refractivity contribution in [2.45, 2.75) is 39.5 Å². The minimum atomic E-state index is 0.309. The van der Waals surface area contributed by atoms with E-state index in [1.54, 1.807) is 0 Å². The smallest absolute Gasteiger partial charge is 0.0632 e. The van der Waals surface area contributed by atoms with Gasteiger partial charge in [-0.15, -0.1) is 0 Å². The third-order valence-electron chi connectivity index (χ3n) is 3.25. The van der Waals surface area contributed by atoms with Gasteiger partial charge in [0.15, 0.2) is 0 Å². The molecular formula is C11H18N2O. The first kappa shape index (κ1) is 11.0. The summed E-state index contributed by atoms with van der Waals surface area (Å²) in [4.78, 5) is 0. The van der Waals surface area contributed by atoms with Crippen molar-refractivity contribution in [3.05, 3.63) is 0 Å². The van der Waals surface area contributed by atoms with E-state index in [2.05, 4.69) is 25.1 Å². The normalized spacial score (nSPS) is 32.5. The number of oxime groups is 1. The number of hydrogen-bond acceptors (Lipinski definition) is 3. The van der Waals surface area contributed by atoms with Gasteiger partial charge in [-0.1, -0.05) is 25.4 Å². The molecule has 78 valence electrons. The van der Waals surface area contributed by atoms with Gasteiger partial charge in [0, 0.05) is 12.3 Å². The van der Waals surface area contributed by atoms with Crippen LogP contribution in [0.1, 0.15) is 39.5 Å². The second-order valence-corrected chi connectivity index (χ2v) is 4.30. The molecule has 0 heterocycles. The Labute approximate surface area is 85.4 Å². The lowest BCUT2D eigenvalue weighted by Gasteiger charge is -2.31. The second-order valence-electron chi connectivity index (χ2n) is 4.30. The summed E-state index contributed by atoms with van der Waals surface area (Å²) < 4.78 is 0. The number of nitriles is 1. The predicted octanol–water partition coefficient (Wildman–Crippen LogP) is 2.80. The molecule has 0 radical (unpaired) electrons. The van der Waals surface area contributed by atoms with Crippen LogP contribution < -0.4 is 0 Å². The summed E-state index contributed by atoms with van der Waals surface area (Å²) in [5.41, 5.74) is 0.902. The summed E-state index contributed by atoms with van der Waals surface area (Å²) in [5.74, 6) is 0.997. The van der Waals surface area contributed by atoms with Crippen molar-refractivity contribution < 1.29 is 5.21 Å². The first-order chi connectivity index (χ1) is 6.70. The van der Waals surface area contributed by atoms with Crippen molar-refractivity contribution in [3.8, 4) is 6.07 Å². The lowest BCUT2D eigenvalue weighted by molar-refractivity contribution is 0.289. The minimum absolute atomic E-state index is 0.309. The third-order valence-corrected chi connectivity index (χ3v) is 3.25. The Morgan fingerprint density at radius 3 is 2.93 bits per heavy atom. The van der Waals surface area contributed by atoms with E-state index in [0.717, 1.165) is 18.6 Å². The van der Waals surface area contributed by atoms with Gasteiger partial charge in [-0.3, -0.25) is 0 Å². The fourth-order valence-electron chi connectivity index (χ4n) is 2.34. The zero-order valence-corrected chi connectivity index (χ0v) is 8.90. The Balaban J connectivity index is 2.71. The Morgan fingerprint density at radius 2 is 2.36 bits per heavy atom. The molecule has 1 rings (SSSR count). The van der Waals surface area contributed by atoms with Crippen LogP contribution in [0.15, 0.2) is 5.16 Å². The molecule has 1 fully saturated rings. The molecule has 1 aliphatic carbocycles. The number of rotatable bonds is 2.